The maximum Gasteiger partial charge on any atom is 0.0867 e. The summed E-state index contributed by atoms with van der Waals surface area (Å²) < 4.78 is 0. The molecular formula is C19H16N2. The Morgan fingerprint density at radius 3 is 2.57 bits per heavy atom. The SMILES string of the molecule is N#C[C@@]1(c2ccccc2)CCc2[nH]c3ccccc3c2C1. The molecule has 1 aliphatic rings. The zero-order valence-electron chi connectivity index (χ0n) is 11.8. The predicted molar refractivity (Wildman–Crippen MR) is 84.1 cm³/mol. The molecular weight excluding hydrogens is 256 g/mol. The molecule has 2 nitrogen and oxygen atoms in total. The fourth-order valence-electron chi connectivity index (χ4n) is 3.56. The van der Waals surface area contributed by atoms with Crippen LogP contribution in [0.1, 0.15) is 23.2 Å². The number of rotatable bonds is 1. The van der Waals surface area contributed by atoms with Gasteiger partial charge in [0.25, 0.3) is 0 Å². The first-order chi connectivity index (χ1) is 10.3. The molecule has 21 heavy (non-hydrogen) atoms. The third kappa shape index (κ3) is 1.78. The van der Waals surface area contributed by atoms with Gasteiger partial charge in [-0.1, -0.05) is 48.5 Å². The summed E-state index contributed by atoms with van der Waals surface area (Å²) in [6, 6.07) is 21.2. The van der Waals surface area contributed by atoms with E-state index in [0.29, 0.717) is 0 Å². The van der Waals surface area contributed by atoms with Gasteiger partial charge in [0.05, 0.1) is 11.5 Å². The number of aromatic nitrogens is 1. The second kappa shape index (κ2) is 4.49. The van der Waals surface area contributed by atoms with Crippen molar-refractivity contribution >= 4 is 10.9 Å². The van der Waals surface area contributed by atoms with E-state index in [4.69, 9.17) is 0 Å². The Hall–Kier alpha value is -2.53. The van der Waals surface area contributed by atoms with Crippen LogP contribution in [-0.4, -0.2) is 4.98 Å². The van der Waals surface area contributed by atoms with Gasteiger partial charge in [0.2, 0.25) is 0 Å². The summed E-state index contributed by atoms with van der Waals surface area (Å²) in [5, 5.41) is 11.1. The number of hydrogen-bond acceptors (Lipinski definition) is 1. The van der Waals surface area contributed by atoms with Crippen LogP contribution in [0.2, 0.25) is 0 Å². The van der Waals surface area contributed by atoms with Gasteiger partial charge in [0.15, 0.2) is 0 Å². The smallest absolute Gasteiger partial charge is 0.0867 e. The zero-order chi connectivity index (χ0) is 14.3. The molecule has 0 amide bonds. The first kappa shape index (κ1) is 12.2. The molecule has 2 aromatic carbocycles. The molecule has 0 spiro atoms. The lowest BCUT2D eigenvalue weighted by Crippen LogP contribution is -2.31. The zero-order valence-corrected chi connectivity index (χ0v) is 11.8. The van der Waals surface area contributed by atoms with E-state index in [2.05, 4.69) is 47.5 Å². The fourth-order valence-corrected chi connectivity index (χ4v) is 3.56. The summed E-state index contributed by atoms with van der Waals surface area (Å²) >= 11 is 0. The van der Waals surface area contributed by atoms with Crippen LogP contribution in [0.4, 0.5) is 0 Å². The Bertz CT molecular complexity index is 839. The van der Waals surface area contributed by atoms with Crippen molar-refractivity contribution in [3.05, 3.63) is 71.4 Å². The van der Waals surface area contributed by atoms with Crippen molar-refractivity contribution in [1.29, 1.82) is 5.26 Å². The molecule has 1 aliphatic carbocycles. The van der Waals surface area contributed by atoms with E-state index in [-0.39, 0.29) is 5.41 Å². The minimum Gasteiger partial charge on any atom is -0.358 e. The lowest BCUT2D eigenvalue weighted by atomic mass is 9.69. The van der Waals surface area contributed by atoms with E-state index in [0.717, 1.165) is 24.8 Å². The molecule has 4 rings (SSSR count). The lowest BCUT2D eigenvalue weighted by molar-refractivity contribution is 0.471. The Labute approximate surface area is 124 Å². The van der Waals surface area contributed by atoms with Crippen LogP contribution in [0.15, 0.2) is 54.6 Å². The highest BCUT2D eigenvalue weighted by Crippen LogP contribution is 2.40. The minimum absolute atomic E-state index is 0.390. The number of para-hydroxylation sites is 1. The van der Waals surface area contributed by atoms with E-state index in [1.165, 1.54) is 22.2 Å². The van der Waals surface area contributed by atoms with Crippen molar-refractivity contribution in [3.63, 3.8) is 0 Å². The molecule has 3 aromatic rings. The quantitative estimate of drug-likeness (QED) is 0.711. The summed E-state index contributed by atoms with van der Waals surface area (Å²) in [6.07, 6.45) is 2.62. The molecule has 0 radical (unpaired) electrons. The summed E-state index contributed by atoms with van der Waals surface area (Å²) in [6.45, 7) is 0. The molecule has 0 fully saturated rings. The van der Waals surface area contributed by atoms with Crippen LogP contribution < -0.4 is 0 Å². The second-order valence-corrected chi connectivity index (χ2v) is 5.86. The van der Waals surface area contributed by atoms with Crippen molar-refractivity contribution in [1.82, 2.24) is 4.98 Å². The Morgan fingerprint density at radius 2 is 1.76 bits per heavy atom. The first-order valence-corrected chi connectivity index (χ1v) is 7.38. The molecule has 1 heterocycles. The number of aryl methyl sites for hydroxylation is 1. The summed E-state index contributed by atoms with van der Waals surface area (Å²) in [4.78, 5) is 3.52. The third-order valence-electron chi connectivity index (χ3n) is 4.72. The van der Waals surface area contributed by atoms with Gasteiger partial charge in [-0.25, -0.2) is 0 Å². The third-order valence-corrected chi connectivity index (χ3v) is 4.72. The maximum atomic E-state index is 9.87. The molecule has 0 bridgehead atoms. The molecule has 1 aromatic heterocycles. The van der Waals surface area contributed by atoms with Crippen LogP contribution in [0, 0.1) is 11.3 Å². The van der Waals surface area contributed by atoms with Crippen molar-refractivity contribution in [2.45, 2.75) is 24.7 Å². The largest absolute Gasteiger partial charge is 0.358 e. The van der Waals surface area contributed by atoms with Crippen molar-refractivity contribution in [2.24, 2.45) is 0 Å². The fraction of sp³-hybridized carbons (Fsp3) is 0.211. The van der Waals surface area contributed by atoms with E-state index in [1.807, 2.05) is 18.2 Å². The van der Waals surface area contributed by atoms with Gasteiger partial charge in [0.1, 0.15) is 0 Å². The van der Waals surface area contributed by atoms with E-state index >= 15 is 0 Å². The highest BCUT2D eigenvalue weighted by atomic mass is 14.7. The van der Waals surface area contributed by atoms with Crippen LogP contribution in [0.25, 0.3) is 10.9 Å². The van der Waals surface area contributed by atoms with Gasteiger partial charge in [-0.05, 0) is 36.5 Å². The molecule has 0 unspecified atom stereocenters. The monoisotopic (exact) mass is 272 g/mol. The number of nitrogens with zero attached hydrogens (tertiary/aromatic N) is 1. The highest BCUT2D eigenvalue weighted by Gasteiger charge is 2.37. The Kier molecular flexibility index (Phi) is 2.62. The minimum atomic E-state index is -0.390. The average Bonchev–Trinajstić information content (AvgIpc) is 2.93. The topological polar surface area (TPSA) is 39.6 Å². The molecule has 1 N–H and O–H groups in total. The molecule has 2 heteroatoms. The number of nitriles is 1. The molecule has 102 valence electrons. The molecule has 0 saturated carbocycles. The number of hydrogen-bond donors (Lipinski definition) is 1. The van der Waals surface area contributed by atoms with E-state index in [9.17, 15) is 5.26 Å². The van der Waals surface area contributed by atoms with Crippen LogP contribution in [0.5, 0.6) is 0 Å². The Morgan fingerprint density at radius 1 is 1.00 bits per heavy atom. The number of H-pyrrole nitrogens is 1. The molecule has 1 atom stereocenters. The van der Waals surface area contributed by atoms with Crippen molar-refractivity contribution in [3.8, 4) is 6.07 Å². The molecule has 0 aliphatic heterocycles. The van der Waals surface area contributed by atoms with E-state index in [1.54, 1.807) is 0 Å². The van der Waals surface area contributed by atoms with Gasteiger partial charge in [-0.3, -0.25) is 0 Å². The van der Waals surface area contributed by atoms with Gasteiger partial charge < -0.3 is 4.98 Å². The summed E-state index contributed by atoms with van der Waals surface area (Å²) in [5.41, 5.74) is 4.56. The van der Waals surface area contributed by atoms with Crippen molar-refractivity contribution in [2.75, 3.05) is 0 Å². The summed E-state index contributed by atoms with van der Waals surface area (Å²) in [7, 11) is 0. The maximum absolute atomic E-state index is 9.87. The Balaban J connectivity index is 1.87. The highest BCUT2D eigenvalue weighted by molar-refractivity contribution is 5.85. The van der Waals surface area contributed by atoms with Crippen LogP contribution >= 0.6 is 0 Å². The van der Waals surface area contributed by atoms with Crippen LogP contribution in [0.3, 0.4) is 0 Å². The van der Waals surface area contributed by atoms with Gasteiger partial charge >= 0.3 is 0 Å². The summed E-state index contributed by atoms with van der Waals surface area (Å²) in [5.74, 6) is 0. The number of nitrogens with one attached hydrogen (secondary N) is 1. The number of benzene rings is 2. The van der Waals surface area contributed by atoms with Crippen LogP contribution in [-0.2, 0) is 18.3 Å². The average molecular weight is 272 g/mol. The lowest BCUT2D eigenvalue weighted by Gasteiger charge is -2.31. The number of aromatic amines is 1. The predicted octanol–water partition coefficient (Wildman–Crippen LogP) is 4.12. The van der Waals surface area contributed by atoms with E-state index < -0.39 is 0 Å². The van der Waals surface area contributed by atoms with Gasteiger partial charge in [0, 0.05) is 16.6 Å². The first-order valence-electron chi connectivity index (χ1n) is 7.38. The number of fused-ring (bicyclic) bond motifs is 3. The standard InChI is InChI=1S/C19H16N2/c20-13-19(14-6-2-1-3-7-14)11-10-18-16(12-19)15-8-4-5-9-17(15)21-18/h1-9,21H,10-12H2/t19-/m1/s1. The van der Waals surface area contributed by atoms with Gasteiger partial charge in [-0.15, -0.1) is 0 Å². The van der Waals surface area contributed by atoms with Crippen molar-refractivity contribution < 1.29 is 0 Å². The molecule has 0 saturated heterocycles. The van der Waals surface area contributed by atoms with Gasteiger partial charge in [-0.2, -0.15) is 5.26 Å². The second-order valence-electron chi connectivity index (χ2n) is 5.86. The normalized spacial score (nSPS) is 20.9.